The summed E-state index contributed by atoms with van der Waals surface area (Å²) in [7, 11) is 0. The van der Waals surface area contributed by atoms with Gasteiger partial charge in [0.15, 0.2) is 5.75 Å². The number of nitriles is 2. The molecule has 1 N–H and O–H groups in total. The van der Waals surface area contributed by atoms with Crippen LogP contribution in [0.15, 0.2) is 41.5 Å². The van der Waals surface area contributed by atoms with Crippen molar-refractivity contribution in [3.05, 3.63) is 52.0 Å². The summed E-state index contributed by atoms with van der Waals surface area (Å²) in [6, 6.07) is 10.6. The van der Waals surface area contributed by atoms with E-state index in [-0.39, 0.29) is 27.3 Å². The van der Waals surface area contributed by atoms with Crippen molar-refractivity contribution >= 4 is 34.6 Å². The second kappa shape index (κ2) is 7.96. The lowest BCUT2D eigenvalue weighted by Gasteiger charge is -2.13. The van der Waals surface area contributed by atoms with Gasteiger partial charge in [-0.05, 0) is 36.4 Å². The van der Waals surface area contributed by atoms with E-state index in [1.807, 2.05) is 0 Å². The number of alkyl halides is 3. The zero-order valence-corrected chi connectivity index (χ0v) is 14.1. The van der Waals surface area contributed by atoms with E-state index < -0.39 is 11.7 Å². The van der Waals surface area contributed by atoms with Gasteiger partial charge >= 0.3 is 6.18 Å². The molecule has 0 unspecified atom stereocenters. The molecule has 132 valence electrons. The van der Waals surface area contributed by atoms with Crippen molar-refractivity contribution in [2.24, 2.45) is 5.10 Å². The molecular weight excluding hydrogens is 392 g/mol. The third-order valence-electron chi connectivity index (χ3n) is 2.91. The molecule has 0 amide bonds. The number of hydrogen-bond donors (Lipinski definition) is 1. The minimum atomic E-state index is -4.58. The monoisotopic (exact) mass is 398 g/mol. The van der Waals surface area contributed by atoms with E-state index in [2.05, 4.69) is 10.5 Å². The van der Waals surface area contributed by atoms with Crippen molar-refractivity contribution in [2.75, 3.05) is 5.43 Å². The zero-order chi connectivity index (χ0) is 19.3. The quantitative estimate of drug-likeness (QED) is 0.535. The standard InChI is InChI=1S/C16H7Cl2F3N4O/c17-13-5-9(16(19,20)21)6-14(18)15(13)26-12-3-1-10(2-4-12)24-25-11(7-22)8-23/h1-6,24H. The van der Waals surface area contributed by atoms with Crippen molar-refractivity contribution < 1.29 is 17.9 Å². The Kier molecular flexibility index (Phi) is 5.93. The number of rotatable bonds is 4. The highest BCUT2D eigenvalue weighted by atomic mass is 35.5. The van der Waals surface area contributed by atoms with E-state index in [0.29, 0.717) is 5.69 Å². The fourth-order valence-electron chi connectivity index (χ4n) is 1.73. The van der Waals surface area contributed by atoms with Crippen molar-refractivity contribution in [2.45, 2.75) is 6.18 Å². The molecule has 0 saturated carbocycles. The summed E-state index contributed by atoms with van der Waals surface area (Å²) in [5, 5.41) is 20.1. The molecule has 26 heavy (non-hydrogen) atoms. The topological polar surface area (TPSA) is 81.2 Å². The molecule has 0 atom stereocenters. The Balaban J connectivity index is 2.19. The lowest BCUT2D eigenvalue weighted by Crippen LogP contribution is -2.05. The number of nitrogens with zero attached hydrogens (tertiary/aromatic N) is 3. The largest absolute Gasteiger partial charge is 0.454 e. The summed E-state index contributed by atoms with van der Waals surface area (Å²) >= 11 is 11.7. The lowest BCUT2D eigenvalue weighted by molar-refractivity contribution is -0.137. The SMILES string of the molecule is N#CC(C#N)=NNc1ccc(Oc2c(Cl)cc(C(F)(F)F)cc2Cl)cc1. The summed E-state index contributed by atoms with van der Waals surface area (Å²) in [6.45, 7) is 0. The summed E-state index contributed by atoms with van der Waals surface area (Å²) in [5.41, 5.74) is 1.61. The van der Waals surface area contributed by atoms with E-state index >= 15 is 0 Å². The molecule has 0 fully saturated rings. The maximum Gasteiger partial charge on any atom is 0.416 e. The van der Waals surface area contributed by atoms with Crippen molar-refractivity contribution in [1.29, 1.82) is 10.5 Å². The minimum Gasteiger partial charge on any atom is -0.454 e. The van der Waals surface area contributed by atoms with E-state index in [1.54, 1.807) is 12.1 Å². The van der Waals surface area contributed by atoms with Gasteiger partial charge in [-0.25, -0.2) is 0 Å². The van der Waals surface area contributed by atoms with Crippen LogP contribution in [0.5, 0.6) is 11.5 Å². The molecule has 0 aromatic heterocycles. The van der Waals surface area contributed by atoms with E-state index in [4.69, 9.17) is 38.5 Å². The number of nitrogens with one attached hydrogen (secondary N) is 1. The Hall–Kier alpha value is -2.94. The van der Waals surface area contributed by atoms with Gasteiger partial charge in [-0.1, -0.05) is 23.2 Å². The average molecular weight is 399 g/mol. The molecule has 0 aliphatic heterocycles. The Morgan fingerprint density at radius 1 is 1.04 bits per heavy atom. The Labute approximate surface area is 155 Å². The highest BCUT2D eigenvalue weighted by Gasteiger charge is 2.32. The lowest BCUT2D eigenvalue weighted by atomic mass is 10.2. The fourth-order valence-corrected chi connectivity index (χ4v) is 2.30. The minimum absolute atomic E-state index is 0.115. The smallest absolute Gasteiger partial charge is 0.416 e. The maximum absolute atomic E-state index is 12.7. The van der Waals surface area contributed by atoms with E-state index in [1.165, 1.54) is 24.3 Å². The molecule has 0 spiro atoms. The van der Waals surface area contributed by atoms with Crippen LogP contribution < -0.4 is 10.2 Å². The number of anilines is 1. The first-order valence-corrected chi connectivity index (χ1v) is 7.48. The molecule has 2 rings (SSSR count). The highest BCUT2D eigenvalue weighted by molar-refractivity contribution is 6.37. The van der Waals surface area contributed by atoms with Crippen molar-refractivity contribution in [3.63, 3.8) is 0 Å². The van der Waals surface area contributed by atoms with Gasteiger partial charge in [-0.3, -0.25) is 5.43 Å². The van der Waals surface area contributed by atoms with Gasteiger partial charge in [0.05, 0.1) is 21.3 Å². The Morgan fingerprint density at radius 2 is 1.58 bits per heavy atom. The predicted octanol–water partition coefficient (Wildman–Crippen LogP) is 5.62. The van der Waals surface area contributed by atoms with Gasteiger partial charge in [-0.15, -0.1) is 0 Å². The van der Waals surface area contributed by atoms with E-state index in [0.717, 1.165) is 12.1 Å². The number of halogens is 5. The molecule has 0 radical (unpaired) electrons. The fraction of sp³-hybridized carbons (Fsp3) is 0.0625. The molecule has 0 aliphatic carbocycles. The average Bonchev–Trinajstić information content (AvgIpc) is 2.59. The van der Waals surface area contributed by atoms with Crippen LogP contribution in [0.2, 0.25) is 10.0 Å². The first-order valence-electron chi connectivity index (χ1n) is 6.72. The third kappa shape index (κ3) is 4.79. The summed E-state index contributed by atoms with van der Waals surface area (Å²) in [4.78, 5) is 0. The van der Waals surface area contributed by atoms with Crippen molar-refractivity contribution in [3.8, 4) is 23.6 Å². The maximum atomic E-state index is 12.7. The number of ether oxygens (including phenoxy) is 1. The van der Waals surface area contributed by atoms with Crippen LogP contribution in [0.4, 0.5) is 18.9 Å². The van der Waals surface area contributed by atoms with Crippen molar-refractivity contribution in [1.82, 2.24) is 0 Å². The molecule has 10 heteroatoms. The molecule has 0 aliphatic rings. The van der Waals surface area contributed by atoms with Crippen LogP contribution in [0.25, 0.3) is 0 Å². The summed E-state index contributed by atoms with van der Waals surface area (Å²) < 4.78 is 43.6. The van der Waals surface area contributed by atoms with Gasteiger partial charge in [-0.2, -0.15) is 28.8 Å². The molecule has 0 heterocycles. The Bertz CT molecular complexity index is 889. The van der Waals surface area contributed by atoms with Crippen LogP contribution in [-0.4, -0.2) is 5.71 Å². The first kappa shape index (κ1) is 19.4. The second-order valence-electron chi connectivity index (χ2n) is 4.69. The highest BCUT2D eigenvalue weighted by Crippen LogP contribution is 2.41. The zero-order valence-electron chi connectivity index (χ0n) is 12.6. The molecule has 0 bridgehead atoms. The van der Waals surface area contributed by atoms with Gasteiger partial charge in [0.1, 0.15) is 17.9 Å². The van der Waals surface area contributed by atoms with E-state index in [9.17, 15) is 13.2 Å². The van der Waals surface area contributed by atoms with Crippen LogP contribution in [0.1, 0.15) is 5.56 Å². The third-order valence-corrected chi connectivity index (χ3v) is 3.47. The number of hydrazone groups is 1. The summed E-state index contributed by atoms with van der Waals surface area (Å²) in [5.74, 6) is 0.139. The molecule has 2 aromatic rings. The second-order valence-corrected chi connectivity index (χ2v) is 5.50. The van der Waals surface area contributed by atoms with Gasteiger partial charge in [0, 0.05) is 0 Å². The number of benzene rings is 2. The van der Waals surface area contributed by atoms with Gasteiger partial charge in [0.25, 0.3) is 0 Å². The van der Waals surface area contributed by atoms with Crippen LogP contribution in [-0.2, 0) is 6.18 Å². The molecule has 0 saturated heterocycles. The Morgan fingerprint density at radius 3 is 2.04 bits per heavy atom. The predicted molar refractivity (Wildman–Crippen MR) is 90.3 cm³/mol. The normalized spacial score (nSPS) is 10.4. The van der Waals surface area contributed by atoms with Crippen LogP contribution >= 0.6 is 23.2 Å². The molecule has 2 aromatic carbocycles. The first-order chi connectivity index (χ1) is 12.2. The number of hydrogen-bond acceptors (Lipinski definition) is 5. The van der Waals surface area contributed by atoms with Crippen LogP contribution in [0.3, 0.4) is 0 Å². The summed E-state index contributed by atoms with van der Waals surface area (Å²) in [6.07, 6.45) is -4.58. The van der Waals surface area contributed by atoms with Crippen LogP contribution in [0, 0.1) is 22.7 Å². The van der Waals surface area contributed by atoms with Gasteiger partial charge in [0.2, 0.25) is 5.71 Å². The molecule has 5 nitrogen and oxygen atoms in total. The molecular formula is C16H7Cl2F3N4O. The van der Waals surface area contributed by atoms with Gasteiger partial charge < -0.3 is 4.74 Å².